The van der Waals surface area contributed by atoms with Crippen LogP contribution in [0, 0.1) is 0 Å². The van der Waals surface area contributed by atoms with Crippen molar-refractivity contribution in [1.82, 2.24) is 19.8 Å². The van der Waals surface area contributed by atoms with Gasteiger partial charge in [-0.05, 0) is 13.0 Å². The number of ether oxygens (including phenoxy) is 1. The van der Waals surface area contributed by atoms with Gasteiger partial charge in [0.05, 0.1) is 19.5 Å². The zero-order valence-electron chi connectivity index (χ0n) is 11.8. The van der Waals surface area contributed by atoms with Crippen molar-refractivity contribution < 1.29 is 9.53 Å². The Morgan fingerprint density at radius 3 is 3.05 bits per heavy atom. The van der Waals surface area contributed by atoms with Crippen LogP contribution in [0.1, 0.15) is 24.5 Å². The molecule has 1 unspecified atom stereocenters. The monoisotopic (exact) mass is 278 g/mol. The van der Waals surface area contributed by atoms with Crippen LogP contribution in [0.4, 0.5) is 0 Å². The van der Waals surface area contributed by atoms with Crippen molar-refractivity contribution in [3.8, 4) is 0 Å². The lowest BCUT2D eigenvalue weighted by molar-refractivity contribution is -0.135. The van der Waals surface area contributed by atoms with Crippen LogP contribution in [0.25, 0.3) is 0 Å². The summed E-state index contributed by atoms with van der Waals surface area (Å²) in [7, 11) is 0. The topological polar surface area (TPSA) is 59.4 Å². The molecule has 1 N–H and O–H groups in total. The molecular weight excluding hydrogens is 256 g/mol. The quantitative estimate of drug-likeness (QED) is 0.855. The number of nitrogens with one attached hydrogen (secondary N) is 1. The Morgan fingerprint density at radius 2 is 2.30 bits per heavy atom. The molecule has 2 aliphatic rings. The van der Waals surface area contributed by atoms with Crippen LogP contribution in [-0.4, -0.2) is 59.8 Å². The Balaban J connectivity index is 1.55. The molecule has 1 atom stereocenters. The summed E-state index contributed by atoms with van der Waals surface area (Å²) in [6.45, 7) is 5.59. The Kier molecular flexibility index (Phi) is 4.32. The molecule has 0 spiro atoms. The van der Waals surface area contributed by atoms with E-state index in [1.54, 1.807) is 0 Å². The van der Waals surface area contributed by atoms with Gasteiger partial charge in [0.2, 0.25) is 5.91 Å². The third-order valence-electron chi connectivity index (χ3n) is 4.15. The number of amides is 1. The zero-order valence-corrected chi connectivity index (χ0v) is 11.8. The summed E-state index contributed by atoms with van der Waals surface area (Å²) in [6.07, 6.45) is 5.49. The first kappa shape index (κ1) is 13.6. The maximum absolute atomic E-state index is 12.2. The molecule has 2 fully saturated rings. The van der Waals surface area contributed by atoms with Crippen molar-refractivity contribution in [3.63, 3.8) is 0 Å². The molecule has 0 saturated carbocycles. The minimum Gasteiger partial charge on any atom is -0.378 e. The van der Waals surface area contributed by atoms with Crippen LogP contribution in [0.15, 0.2) is 12.5 Å². The van der Waals surface area contributed by atoms with E-state index in [-0.39, 0.29) is 5.91 Å². The first-order valence-electron chi connectivity index (χ1n) is 7.41. The third kappa shape index (κ3) is 3.02. The smallest absolute Gasteiger partial charge is 0.224 e. The van der Waals surface area contributed by atoms with Gasteiger partial charge in [-0.15, -0.1) is 0 Å². The van der Waals surface area contributed by atoms with E-state index in [9.17, 15) is 4.79 Å². The second-order valence-corrected chi connectivity index (χ2v) is 5.44. The fraction of sp³-hybridized carbons (Fsp3) is 0.714. The van der Waals surface area contributed by atoms with E-state index >= 15 is 0 Å². The van der Waals surface area contributed by atoms with E-state index in [0.29, 0.717) is 25.6 Å². The maximum atomic E-state index is 12.2. The Bertz CT molecular complexity index is 448. The molecule has 2 saturated heterocycles. The standard InChI is InChI=1S/C14H22N4O2/c19-14(17-5-7-20-8-6-17)2-4-18-11-16-10-13(18)12-1-3-15-9-12/h10-12,15H,1-9H2. The summed E-state index contributed by atoms with van der Waals surface area (Å²) < 4.78 is 7.41. The van der Waals surface area contributed by atoms with Crippen molar-refractivity contribution >= 4 is 5.91 Å². The lowest BCUT2D eigenvalue weighted by Gasteiger charge is -2.27. The van der Waals surface area contributed by atoms with Gasteiger partial charge >= 0.3 is 0 Å². The number of carbonyl (C=O) groups excluding carboxylic acids is 1. The summed E-state index contributed by atoms with van der Waals surface area (Å²) in [5, 5.41) is 3.37. The van der Waals surface area contributed by atoms with Crippen LogP contribution in [-0.2, 0) is 16.1 Å². The number of imidazole rings is 1. The van der Waals surface area contributed by atoms with Gasteiger partial charge < -0.3 is 19.5 Å². The predicted octanol–water partition coefficient (Wildman–Crippen LogP) is 0.209. The summed E-state index contributed by atoms with van der Waals surface area (Å²) in [6, 6.07) is 0. The SMILES string of the molecule is O=C(CCn1cncc1C1CCNC1)N1CCOCC1. The lowest BCUT2D eigenvalue weighted by Crippen LogP contribution is -2.41. The van der Waals surface area contributed by atoms with Gasteiger partial charge in [-0.25, -0.2) is 4.98 Å². The fourth-order valence-corrected chi connectivity index (χ4v) is 2.95. The van der Waals surface area contributed by atoms with Crippen molar-refractivity contribution in [2.75, 3.05) is 39.4 Å². The third-order valence-corrected chi connectivity index (χ3v) is 4.15. The molecule has 2 aliphatic heterocycles. The molecule has 0 aromatic carbocycles. The molecule has 0 aliphatic carbocycles. The van der Waals surface area contributed by atoms with Crippen molar-refractivity contribution in [3.05, 3.63) is 18.2 Å². The van der Waals surface area contributed by atoms with Gasteiger partial charge in [-0.1, -0.05) is 0 Å². The molecular formula is C14H22N4O2. The van der Waals surface area contributed by atoms with Gasteiger partial charge in [-0.3, -0.25) is 4.79 Å². The number of hydrogen-bond donors (Lipinski definition) is 1. The molecule has 0 bridgehead atoms. The lowest BCUT2D eigenvalue weighted by atomic mass is 10.1. The van der Waals surface area contributed by atoms with Gasteiger partial charge in [0.1, 0.15) is 0 Å². The summed E-state index contributed by atoms with van der Waals surface area (Å²) in [5.41, 5.74) is 1.25. The van der Waals surface area contributed by atoms with E-state index in [2.05, 4.69) is 14.9 Å². The molecule has 3 heterocycles. The van der Waals surface area contributed by atoms with Gasteiger partial charge in [-0.2, -0.15) is 0 Å². The number of rotatable bonds is 4. The van der Waals surface area contributed by atoms with Crippen LogP contribution in [0.5, 0.6) is 0 Å². The highest BCUT2D eigenvalue weighted by molar-refractivity contribution is 5.76. The first-order valence-corrected chi connectivity index (χ1v) is 7.41. The van der Waals surface area contributed by atoms with Gasteiger partial charge in [0.15, 0.2) is 0 Å². The van der Waals surface area contributed by atoms with E-state index in [1.807, 2.05) is 17.4 Å². The van der Waals surface area contributed by atoms with Crippen LogP contribution in [0.3, 0.4) is 0 Å². The van der Waals surface area contributed by atoms with Crippen molar-refractivity contribution in [1.29, 1.82) is 0 Å². The second kappa shape index (κ2) is 6.37. The minimum atomic E-state index is 0.220. The van der Waals surface area contributed by atoms with Crippen molar-refractivity contribution in [2.45, 2.75) is 25.3 Å². The number of nitrogens with zero attached hydrogens (tertiary/aromatic N) is 3. The van der Waals surface area contributed by atoms with Crippen LogP contribution >= 0.6 is 0 Å². The van der Waals surface area contributed by atoms with Crippen LogP contribution in [0.2, 0.25) is 0 Å². The molecule has 20 heavy (non-hydrogen) atoms. The van der Waals surface area contributed by atoms with E-state index in [0.717, 1.165) is 39.1 Å². The second-order valence-electron chi connectivity index (χ2n) is 5.44. The Labute approximate surface area is 119 Å². The number of hydrogen-bond acceptors (Lipinski definition) is 4. The van der Waals surface area contributed by atoms with Crippen LogP contribution < -0.4 is 5.32 Å². The summed E-state index contributed by atoms with van der Waals surface area (Å²) in [4.78, 5) is 18.3. The number of aryl methyl sites for hydroxylation is 1. The molecule has 6 heteroatoms. The average Bonchev–Trinajstić information content (AvgIpc) is 3.16. The highest BCUT2D eigenvalue weighted by Crippen LogP contribution is 2.22. The molecule has 6 nitrogen and oxygen atoms in total. The van der Waals surface area contributed by atoms with Gasteiger partial charge in [0.25, 0.3) is 0 Å². The zero-order chi connectivity index (χ0) is 13.8. The van der Waals surface area contributed by atoms with Gasteiger partial charge in [0, 0.05) is 50.4 Å². The molecule has 110 valence electrons. The number of carbonyl (C=O) groups is 1. The summed E-state index contributed by atoms with van der Waals surface area (Å²) >= 11 is 0. The molecule has 0 radical (unpaired) electrons. The predicted molar refractivity (Wildman–Crippen MR) is 74.5 cm³/mol. The van der Waals surface area contributed by atoms with Crippen molar-refractivity contribution in [2.24, 2.45) is 0 Å². The Morgan fingerprint density at radius 1 is 1.45 bits per heavy atom. The molecule has 1 amide bonds. The molecule has 1 aromatic rings. The van der Waals surface area contributed by atoms with E-state index in [4.69, 9.17) is 4.74 Å². The minimum absolute atomic E-state index is 0.220. The van der Waals surface area contributed by atoms with E-state index in [1.165, 1.54) is 5.69 Å². The normalized spacial score (nSPS) is 23.2. The molecule has 1 aromatic heterocycles. The number of aromatic nitrogens is 2. The largest absolute Gasteiger partial charge is 0.378 e. The molecule has 3 rings (SSSR count). The summed E-state index contributed by atoms with van der Waals surface area (Å²) in [5.74, 6) is 0.758. The average molecular weight is 278 g/mol. The number of morpholine rings is 1. The van der Waals surface area contributed by atoms with E-state index < -0.39 is 0 Å². The highest BCUT2D eigenvalue weighted by atomic mass is 16.5. The first-order chi connectivity index (χ1) is 9.84. The maximum Gasteiger partial charge on any atom is 0.224 e. The highest BCUT2D eigenvalue weighted by Gasteiger charge is 2.21. The fourth-order valence-electron chi connectivity index (χ4n) is 2.95. The Hall–Kier alpha value is -1.40.